The molecular formula is C4H9N3O. The summed E-state index contributed by atoms with van der Waals surface area (Å²) in [7, 11) is 1.79. The van der Waals surface area contributed by atoms with E-state index in [2.05, 4.69) is 16.0 Å². The van der Waals surface area contributed by atoms with Crippen LogP contribution in [0.1, 0.15) is 6.42 Å². The highest BCUT2D eigenvalue weighted by Gasteiger charge is 2.09. The first kappa shape index (κ1) is 5.53. The summed E-state index contributed by atoms with van der Waals surface area (Å²) in [5.41, 5.74) is 5.60. The molecule has 0 radical (unpaired) electrons. The van der Waals surface area contributed by atoms with E-state index in [9.17, 15) is 0 Å². The third-order valence-corrected chi connectivity index (χ3v) is 0.887. The van der Waals surface area contributed by atoms with Gasteiger partial charge in [-0.25, -0.2) is 5.43 Å². The molecule has 0 amide bonds. The molecule has 0 aliphatic carbocycles. The van der Waals surface area contributed by atoms with Gasteiger partial charge in [-0.1, -0.05) is 5.16 Å². The molecule has 46 valence electrons. The molecule has 1 aliphatic heterocycles. The van der Waals surface area contributed by atoms with Crippen molar-refractivity contribution in [2.75, 3.05) is 7.05 Å². The van der Waals surface area contributed by atoms with Gasteiger partial charge in [-0.15, -0.1) is 0 Å². The van der Waals surface area contributed by atoms with Crippen molar-refractivity contribution in [3.8, 4) is 0 Å². The van der Waals surface area contributed by atoms with E-state index in [4.69, 9.17) is 4.84 Å². The maximum absolute atomic E-state index is 4.79. The Hall–Kier alpha value is -0.610. The molecule has 1 rings (SSSR count). The fourth-order valence-electron chi connectivity index (χ4n) is 0.545. The van der Waals surface area contributed by atoms with Gasteiger partial charge in [0.1, 0.15) is 0 Å². The van der Waals surface area contributed by atoms with Crippen LogP contribution in [0.4, 0.5) is 0 Å². The minimum atomic E-state index is 0.0278. The SMILES string of the molecule is CNNC1CC=NO1. The van der Waals surface area contributed by atoms with Gasteiger partial charge in [-0.05, 0) is 7.05 Å². The fraction of sp³-hybridized carbons (Fsp3) is 0.750. The van der Waals surface area contributed by atoms with Crippen molar-refractivity contribution in [2.45, 2.75) is 12.6 Å². The molecule has 0 saturated heterocycles. The lowest BCUT2D eigenvalue weighted by molar-refractivity contribution is 0.0509. The number of oxime groups is 1. The minimum absolute atomic E-state index is 0.0278. The molecule has 2 N–H and O–H groups in total. The van der Waals surface area contributed by atoms with E-state index in [0.29, 0.717) is 0 Å². The van der Waals surface area contributed by atoms with E-state index in [1.807, 2.05) is 0 Å². The number of nitrogens with one attached hydrogen (secondary N) is 2. The van der Waals surface area contributed by atoms with Crippen molar-refractivity contribution < 1.29 is 4.84 Å². The number of hydrogen-bond acceptors (Lipinski definition) is 4. The van der Waals surface area contributed by atoms with Gasteiger partial charge in [0.2, 0.25) is 0 Å². The maximum atomic E-state index is 4.79. The zero-order chi connectivity index (χ0) is 5.82. The van der Waals surface area contributed by atoms with Gasteiger partial charge < -0.3 is 4.84 Å². The highest BCUT2D eigenvalue weighted by Crippen LogP contribution is 1.97. The lowest BCUT2D eigenvalue weighted by atomic mass is 10.4. The molecular weight excluding hydrogens is 106 g/mol. The van der Waals surface area contributed by atoms with E-state index < -0.39 is 0 Å². The number of rotatable bonds is 2. The Bertz CT molecular complexity index is 85.3. The van der Waals surface area contributed by atoms with Crippen LogP contribution in [0.2, 0.25) is 0 Å². The van der Waals surface area contributed by atoms with Crippen LogP contribution in [-0.4, -0.2) is 19.5 Å². The van der Waals surface area contributed by atoms with Gasteiger partial charge in [-0.2, -0.15) is 0 Å². The Morgan fingerprint density at radius 1 is 1.88 bits per heavy atom. The molecule has 1 unspecified atom stereocenters. The lowest BCUT2D eigenvalue weighted by Crippen LogP contribution is -2.37. The Kier molecular flexibility index (Phi) is 1.82. The zero-order valence-electron chi connectivity index (χ0n) is 4.72. The molecule has 0 bridgehead atoms. The van der Waals surface area contributed by atoms with E-state index in [0.717, 1.165) is 6.42 Å². The van der Waals surface area contributed by atoms with Crippen LogP contribution >= 0.6 is 0 Å². The smallest absolute Gasteiger partial charge is 0.195 e. The Morgan fingerprint density at radius 2 is 2.75 bits per heavy atom. The van der Waals surface area contributed by atoms with Crippen molar-refractivity contribution in [2.24, 2.45) is 5.16 Å². The standard InChI is InChI=1S/C4H9N3O/c1-5-7-4-2-3-6-8-4/h3-5,7H,2H2,1H3. The minimum Gasteiger partial charge on any atom is -0.375 e. The van der Waals surface area contributed by atoms with Crippen molar-refractivity contribution >= 4 is 6.21 Å². The normalized spacial score (nSPS) is 25.9. The Morgan fingerprint density at radius 3 is 3.25 bits per heavy atom. The van der Waals surface area contributed by atoms with Gasteiger partial charge >= 0.3 is 0 Å². The van der Waals surface area contributed by atoms with Gasteiger partial charge in [0.15, 0.2) is 6.23 Å². The molecule has 0 saturated carbocycles. The summed E-state index contributed by atoms with van der Waals surface area (Å²) in [6.07, 6.45) is 2.59. The first-order valence-corrected chi connectivity index (χ1v) is 2.53. The van der Waals surface area contributed by atoms with E-state index in [1.165, 1.54) is 0 Å². The number of hydrazine groups is 1. The summed E-state index contributed by atoms with van der Waals surface area (Å²) in [4.78, 5) is 4.79. The summed E-state index contributed by atoms with van der Waals surface area (Å²) in [6.45, 7) is 0. The molecule has 8 heavy (non-hydrogen) atoms. The van der Waals surface area contributed by atoms with Gasteiger partial charge in [0.05, 0.1) is 0 Å². The highest BCUT2D eigenvalue weighted by molar-refractivity contribution is 5.58. The first-order valence-electron chi connectivity index (χ1n) is 2.53. The molecule has 1 atom stereocenters. The second kappa shape index (κ2) is 2.64. The molecule has 0 aromatic rings. The monoisotopic (exact) mass is 115 g/mol. The predicted molar refractivity (Wildman–Crippen MR) is 30.2 cm³/mol. The Labute approximate surface area is 47.9 Å². The lowest BCUT2D eigenvalue weighted by Gasteiger charge is -2.06. The van der Waals surface area contributed by atoms with Crippen LogP contribution in [-0.2, 0) is 4.84 Å². The predicted octanol–water partition coefficient (Wildman–Crippen LogP) is -0.557. The third kappa shape index (κ3) is 1.18. The summed E-state index contributed by atoms with van der Waals surface area (Å²) in [5, 5.41) is 3.56. The molecule has 4 heteroatoms. The molecule has 1 heterocycles. The second-order valence-electron chi connectivity index (χ2n) is 1.51. The highest BCUT2D eigenvalue weighted by atomic mass is 16.7. The van der Waals surface area contributed by atoms with Crippen LogP contribution in [0.15, 0.2) is 5.16 Å². The number of hydrogen-bond donors (Lipinski definition) is 2. The second-order valence-corrected chi connectivity index (χ2v) is 1.51. The largest absolute Gasteiger partial charge is 0.375 e. The summed E-state index contributed by atoms with van der Waals surface area (Å²) >= 11 is 0. The summed E-state index contributed by atoms with van der Waals surface area (Å²) < 4.78 is 0. The zero-order valence-corrected chi connectivity index (χ0v) is 4.72. The van der Waals surface area contributed by atoms with E-state index >= 15 is 0 Å². The quantitative estimate of drug-likeness (QED) is 0.474. The molecule has 0 aromatic heterocycles. The molecule has 0 spiro atoms. The topological polar surface area (TPSA) is 45.7 Å². The van der Waals surface area contributed by atoms with E-state index in [-0.39, 0.29) is 6.23 Å². The summed E-state index contributed by atoms with van der Waals surface area (Å²) in [6, 6.07) is 0. The van der Waals surface area contributed by atoms with Crippen molar-refractivity contribution in [1.29, 1.82) is 0 Å². The van der Waals surface area contributed by atoms with Crippen LogP contribution in [0.3, 0.4) is 0 Å². The van der Waals surface area contributed by atoms with Crippen molar-refractivity contribution in [1.82, 2.24) is 10.9 Å². The average molecular weight is 115 g/mol. The summed E-state index contributed by atoms with van der Waals surface area (Å²) in [5.74, 6) is 0. The van der Waals surface area contributed by atoms with Crippen molar-refractivity contribution in [3.05, 3.63) is 0 Å². The van der Waals surface area contributed by atoms with Gasteiger partial charge in [-0.3, -0.25) is 5.43 Å². The fourth-order valence-corrected chi connectivity index (χ4v) is 0.545. The first-order chi connectivity index (χ1) is 3.93. The van der Waals surface area contributed by atoms with Gasteiger partial charge in [0.25, 0.3) is 0 Å². The maximum Gasteiger partial charge on any atom is 0.195 e. The van der Waals surface area contributed by atoms with Gasteiger partial charge in [0, 0.05) is 12.6 Å². The molecule has 4 nitrogen and oxygen atoms in total. The Balaban J connectivity index is 2.10. The van der Waals surface area contributed by atoms with Crippen molar-refractivity contribution in [3.63, 3.8) is 0 Å². The average Bonchev–Trinajstić information content (AvgIpc) is 2.19. The molecule has 0 fully saturated rings. The molecule has 1 aliphatic rings. The molecule has 0 aromatic carbocycles. The number of nitrogens with zero attached hydrogens (tertiary/aromatic N) is 1. The van der Waals surface area contributed by atoms with Crippen LogP contribution in [0.25, 0.3) is 0 Å². The third-order valence-electron chi connectivity index (χ3n) is 0.887. The van der Waals surface area contributed by atoms with E-state index in [1.54, 1.807) is 13.3 Å². The van der Waals surface area contributed by atoms with Crippen LogP contribution in [0.5, 0.6) is 0 Å². The van der Waals surface area contributed by atoms with Crippen LogP contribution in [0, 0.1) is 0 Å². The van der Waals surface area contributed by atoms with Crippen LogP contribution < -0.4 is 10.9 Å².